The Morgan fingerprint density at radius 3 is 1.53 bits per heavy atom. The Morgan fingerprint density at radius 1 is 0.632 bits per heavy atom. The lowest BCUT2D eigenvalue weighted by Gasteiger charge is -2.35. The Kier molecular flexibility index (Phi) is 17.5. The molecule has 17 atom stereocenters. The van der Waals surface area contributed by atoms with Gasteiger partial charge in [0.1, 0.15) is 24.4 Å². The van der Waals surface area contributed by atoms with Gasteiger partial charge >= 0.3 is 0 Å². The fourth-order valence-corrected chi connectivity index (χ4v) is 11.3. The summed E-state index contributed by atoms with van der Waals surface area (Å²) in [5.74, 6) is 0.319. The summed E-state index contributed by atoms with van der Waals surface area (Å²) in [5, 5.41) is 0. The molecule has 4 aliphatic heterocycles. The highest BCUT2D eigenvalue weighted by Gasteiger charge is 2.45. The van der Waals surface area contributed by atoms with Gasteiger partial charge in [-0.25, -0.2) is 0 Å². The topological polar surface area (TPSA) is 271 Å². The van der Waals surface area contributed by atoms with Gasteiger partial charge in [-0.1, -0.05) is 19.9 Å². The standard InChI is InChI=1S/C33H62O20P4/c1-11-25(32-28(15-23(7)48-32)52-55(36,37)42-16-29-24(19(2)3)12-20(4)45-29)49-57(40,41)51-27-14-22(6)46-30(27)17-43-54(34,35)50-26-13-21(5)47-31(26)18-44-56(38,39)53-33(8,9)10/h11,19-32H,1,12-18H2,2-10H3,(H,34,35)(H,36,37)(H,38,39)(H,40,41)/p-4/t20-,21-,22-,23-,24?,25?,26?,27?,28?,29+,30+,31+,32+/m0/s1. The number of phosphoric acid groups is 4. The summed E-state index contributed by atoms with van der Waals surface area (Å²) in [6.45, 7) is 17.4. The monoisotopic (exact) mass is 898 g/mol. The normalized spacial score (nSPS) is 38.4. The minimum absolute atomic E-state index is 0.00771. The predicted octanol–water partition coefficient (Wildman–Crippen LogP) is 3.43. The van der Waals surface area contributed by atoms with Crippen molar-refractivity contribution in [1.82, 2.24) is 0 Å². The average molecular weight is 899 g/mol. The molecule has 4 fully saturated rings. The summed E-state index contributed by atoms with van der Waals surface area (Å²) < 4.78 is 116. The first-order valence-corrected chi connectivity index (χ1v) is 24.9. The van der Waals surface area contributed by atoms with Gasteiger partial charge in [0.25, 0.3) is 31.3 Å². The molecule has 4 aliphatic rings. The van der Waals surface area contributed by atoms with Crippen LogP contribution in [0.3, 0.4) is 0 Å². The molecule has 0 aromatic carbocycles. The first kappa shape index (κ1) is 49.7. The smallest absolute Gasteiger partial charge is 0.268 e. The van der Waals surface area contributed by atoms with Crippen LogP contribution in [0.25, 0.3) is 0 Å². The van der Waals surface area contributed by atoms with Crippen molar-refractivity contribution < 1.29 is 93.0 Å². The van der Waals surface area contributed by atoms with Crippen molar-refractivity contribution in [3.05, 3.63) is 12.7 Å². The van der Waals surface area contributed by atoms with Gasteiger partial charge in [-0.2, -0.15) is 0 Å². The Bertz CT molecular complexity index is 1530. The highest BCUT2D eigenvalue weighted by atomic mass is 31.2. The zero-order valence-electron chi connectivity index (χ0n) is 33.8. The maximum Gasteiger partial charge on any atom is 0.268 e. The van der Waals surface area contributed by atoms with Crippen molar-refractivity contribution in [3.63, 3.8) is 0 Å². The summed E-state index contributed by atoms with van der Waals surface area (Å²) in [6.07, 6.45) is -8.97. The number of rotatable bonds is 21. The van der Waals surface area contributed by atoms with Crippen LogP contribution in [-0.4, -0.2) is 98.7 Å². The third kappa shape index (κ3) is 15.7. The number of phosphoric ester groups is 4. The lowest BCUT2D eigenvalue weighted by molar-refractivity contribution is -0.241. The van der Waals surface area contributed by atoms with Crippen LogP contribution in [-0.2, 0) is 73.4 Å². The van der Waals surface area contributed by atoms with E-state index in [1.165, 1.54) is 20.8 Å². The first-order valence-electron chi connectivity index (χ1n) is 19.0. The molecule has 0 aromatic rings. The molecule has 4 saturated heterocycles. The lowest BCUT2D eigenvalue weighted by Crippen LogP contribution is -2.38. The maximum absolute atomic E-state index is 13.3. The molecule has 0 saturated carbocycles. The Labute approximate surface area is 334 Å². The van der Waals surface area contributed by atoms with Gasteiger partial charge in [0.2, 0.25) is 0 Å². The zero-order valence-corrected chi connectivity index (χ0v) is 37.3. The number of hydrogen-bond donors (Lipinski definition) is 0. The van der Waals surface area contributed by atoms with Gasteiger partial charge in [0, 0.05) is 19.3 Å². The Morgan fingerprint density at radius 2 is 1.04 bits per heavy atom. The van der Waals surface area contributed by atoms with E-state index in [0.29, 0.717) is 0 Å². The van der Waals surface area contributed by atoms with Crippen molar-refractivity contribution in [3.8, 4) is 0 Å². The molecular weight excluding hydrogens is 840 g/mol. The lowest BCUT2D eigenvalue weighted by atomic mass is 9.88. The first-order chi connectivity index (χ1) is 26.2. The van der Waals surface area contributed by atoms with Crippen molar-refractivity contribution in [2.75, 3.05) is 19.8 Å². The molecule has 0 N–H and O–H groups in total. The van der Waals surface area contributed by atoms with E-state index in [2.05, 4.69) is 6.58 Å². The molecule has 4 rings (SSSR count). The maximum atomic E-state index is 13.3. The van der Waals surface area contributed by atoms with E-state index in [0.717, 1.165) is 12.5 Å². The second kappa shape index (κ2) is 20.0. The minimum atomic E-state index is -5.27. The number of hydrogen-bond acceptors (Lipinski definition) is 20. The number of ether oxygens (including phenoxy) is 4. The van der Waals surface area contributed by atoms with E-state index in [1.54, 1.807) is 20.8 Å². The second-order valence-electron chi connectivity index (χ2n) is 16.3. The van der Waals surface area contributed by atoms with Crippen LogP contribution in [0.4, 0.5) is 0 Å². The average Bonchev–Trinajstić information content (AvgIpc) is 3.80. The van der Waals surface area contributed by atoms with E-state index in [1.807, 2.05) is 20.8 Å². The van der Waals surface area contributed by atoms with Gasteiger partial charge < -0.3 is 74.7 Å². The van der Waals surface area contributed by atoms with Crippen LogP contribution in [0.15, 0.2) is 12.7 Å². The highest BCUT2D eigenvalue weighted by Crippen LogP contribution is 2.51. The van der Waals surface area contributed by atoms with Crippen molar-refractivity contribution in [2.24, 2.45) is 11.8 Å². The van der Waals surface area contributed by atoms with Gasteiger partial charge in [-0.15, -0.1) is 6.58 Å². The van der Waals surface area contributed by atoms with E-state index < -0.39 is 117 Å². The third-order valence-electron chi connectivity index (χ3n) is 9.61. The van der Waals surface area contributed by atoms with Gasteiger partial charge in [0.05, 0.1) is 74.3 Å². The van der Waals surface area contributed by atoms with Crippen molar-refractivity contribution in [1.29, 1.82) is 0 Å². The second-order valence-corrected chi connectivity index (χ2v) is 21.7. The predicted molar refractivity (Wildman–Crippen MR) is 193 cm³/mol. The quantitative estimate of drug-likeness (QED) is 0.118. The third-order valence-corrected chi connectivity index (χ3v) is 13.9. The van der Waals surface area contributed by atoms with Crippen molar-refractivity contribution in [2.45, 2.75) is 167 Å². The van der Waals surface area contributed by atoms with Crippen molar-refractivity contribution >= 4 is 31.3 Å². The molecule has 334 valence electrons. The van der Waals surface area contributed by atoms with E-state index in [4.69, 9.17) is 55.1 Å². The van der Waals surface area contributed by atoms with Gasteiger partial charge in [-0.05, 0) is 66.7 Å². The van der Waals surface area contributed by atoms with Crippen LogP contribution in [0.2, 0.25) is 0 Å². The van der Waals surface area contributed by atoms with Gasteiger partial charge in [-0.3, -0.25) is 18.3 Å². The summed E-state index contributed by atoms with van der Waals surface area (Å²) in [6, 6.07) is 0. The fraction of sp³-hybridized carbons (Fsp3) is 0.939. The largest absolute Gasteiger partial charge is 0.756 e. The zero-order chi connectivity index (χ0) is 42.7. The molecular formula is C33H58O20P4-4. The van der Waals surface area contributed by atoms with E-state index >= 15 is 0 Å². The van der Waals surface area contributed by atoms with Crippen LogP contribution < -0.4 is 19.6 Å². The van der Waals surface area contributed by atoms with E-state index in [-0.39, 0.29) is 43.8 Å². The fourth-order valence-electron chi connectivity index (χ4n) is 7.30. The molecule has 0 aliphatic carbocycles. The molecule has 20 nitrogen and oxygen atoms in total. The summed E-state index contributed by atoms with van der Waals surface area (Å²) in [5.41, 5.74) is -1.07. The van der Waals surface area contributed by atoms with E-state index in [9.17, 15) is 37.8 Å². The molecule has 0 spiro atoms. The Hall–Kier alpha value is 0.0200. The van der Waals surface area contributed by atoms with Crippen LogP contribution >= 0.6 is 31.3 Å². The van der Waals surface area contributed by atoms with Crippen LogP contribution in [0, 0.1) is 11.8 Å². The summed E-state index contributed by atoms with van der Waals surface area (Å²) >= 11 is 0. The molecule has 24 heteroatoms. The molecule has 0 bridgehead atoms. The molecule has 4 heterocycles. The highest BCUT2D eigenvalue weighted by molar-refractivity contribution is 7.46. The molecule has 57 heavy (non-hydrogen) atoms. The minimum Gasteiger partial charge on any atom is -0.756 e. The van der Waals surface area contributed by atoms with Crippen LogP contribution in [0.5, 0.6) is 0 Å². The molecule has 0 amide bonds. The molecule has 9 unspecified atom stereocenters. The molecule has 0 radical (unpaired) electrons. The SMILES string of the molecule is C=CC(OP(=O)([O-])OC1C[C@H](C)O[C@@H]1COP(=O)([O-])OC1C[C@H](C)O[C@@H]1COP(=O)([O-])OC(C)(C)C)[C@H]1O[C@@H](C)CC1OP(=O)([O-])OC[C@H]1O[C@@H](C)CC1C(C)C. The van der Waals surface area contributed by atoms with Crippen LogP contribution in [0.1, 0.15) is 88.0 Å². The summed E-state index contributed by atoms with van der Waals surface area (Å²) in [7, 11) is -20.1. The summed E-state index contributed by atoms with van der Waals surface area (Å²) in [4.78, 5) is 51.4. The van der Waals surface area contributed by atoms with Gasteiger partial charge in [0.15, 0.2) is 0 Å². The Balaban J connectivity index is 1.32. The molecule has 0 aromatic heterocycles.